The van der Waals surface area contributed by atoms with Gasteiger partial charge in [0.2, 0.25) is 5.91 Å². The smallest absolute Gasteiger partial charge is 0.379 e. The van der Waals surface area contributed by atoms with Gasteiger partial charge in [0.25, 0.3) is 0 Å². The molecule has 11 heteroatoms. The predicted octanol–water partition coefficient (Wildman–Crippen LogP) is 1.63. The maximum Gasteiger partial charge on any atom is 0.433 e. The Hall–Kier alpha value is -2.24. The van der Waals surface area contributed by atoms with Gasteiger partial charge in [-0.25, -0.2) is 4.98 Å². The first kappa shape index (κ1) is 23.5. The molecule has 1 aromatic heterocycles. The van der Waals surface area contributed by atoms with Gasteiger partial charge in [-0.1, -0.05) is 6.07 Å². The van der Waals surface area contributed by atoms with Crippen LogP contribution in [0.15, 0.2) is 18.2 Å². The maximum atomic E-state index is 13.6. The van der Waals surface area contributed by atoms with Crippen LogP contribution in [0.1, 0.15) is 31.4 Å². The molecule has 1 saturated carbocycles. The zero-order valence-electron chi connectivity index (χ0n) is 19.0. The van der Waals surface area contributed by atoms with E-state index in [4.69, 9.17) is 9.47 Å². The van der Waals surface area contributed by atoms with Gasteiger partial charge in [0.05, 0.1) is 12.7 Å². The second-order valence-electron chi connectivity index (χ2n) is 9.64. The molecule has 0 bridgehead atoms. The molecule has 4 fully saturated rings. The van der Waals surface area contributed by atoms with Gasteiger partial charge >= 0.3 is 6.18 Å². The van der Waals surface area contributed by atoms with Gasteiger partial charge in [-0.05, 0) is 37.8 Å². The number of amides is 1. The minimum absolute atomic E-state index is 0.0243. The molecule has 8 nitrogen and oxygen atoms in total. The number of methoxy groups -OCH3 is 1. The molecule has 3 saturated heterocycles. The number of carbonyl (C=O) groups excluding carboxylic acids is 2. The van der Waals surface area contributed by atoms with Crippen molar-refractivity contribution >= 4 is 17.5 Å². The normalized spacial score (nSPS) is 34.2. The van der Waals surface area contributed by atoms with Crippen LogP contribution in [0, 0.1) is 5.41 Å². The number of hydrogen-bond donors (Lipinski definition) is 1. The summed E-state index contributed by atoms with van der Waals surface area (Å²) in [5, 5.41) is 3.59. The van der Waals surface area contributed by atoms with Crippen molar-refractivity contribution < 1.29 is 32.2 Å². The number of hydrogen-bond acceptors (Lipinski definition) is 7. The molecule has 1 amide bonds. The van der Waals surface area contributed by atoms with E-state index in [0.29, 0.717) is 45.6 Å². The minimum Gasteiger partial charge on any atom is -0.379 e. The van der Waals surface area contributed by atoms with Crippen LogP contribution in [0.4, 0.5) is 19.0 Å². The number of anilines is 1. The second kappa shape index (κ2) is 8.76. The van der Waals surface area contributed by atoms with E-state index in [-0.39, 0.29) is 42.2 Å². The largest absolute Gasteiger partial charge is 0.433 e. The SMILES string of the molecule is COC1COCCC1N[C@@H]1CC[C@]2(C1)C(=O)C1CN(c3cccc(C(F)(F)F)n3)CCN1C2=O. The molecule has 5 atom stereocenters. The van der Waals surface area contributed by atoms with Gasteiger partial charge in [0, 0.05) is 45.4 Å². The zero-order chi connectivity index (χ0) is 24.1. The first-order valence-corrected chi connectivity index (χ1v) is 11.7. The van der Waals surface area contributed by atoms with Crippen LogP contribution in [0.2, 0.25) is 0 Å². The molecule has 186 valence electrons. The van der Waals surface area contributed by atoms with Gasteiger partial charge in [0.1, 0.15) is 23.0 Å². The van der Waals surface area contributed by atoms with Crippen molar-refractivity contribution in [2.45, 2.75) is 56.1 Å². The first-order valence-electron chi connectivity index (χ1n) is 11.7. The summed E-state index contributed by atoms with van der Waals surface area (Å²) in [6.45, 7) is 1.93. The lowest BCUT2D eigenvalue weighted by molar-refractivity contribution is -0.141. The summed E-state index contributed by atoms with van der Waals surface area (Å²) in [4.78, 5) is 34.0. The molecule has 5 rings (SSSR count). The van der Waals surface area contributed by atoms with E-state index in [9.17, 15) is 22.8 Å². The summed E-state index contributed by atoms with van der Waals surface area (Å²) >= 11 is 0. The Bertz CT molecular complexity index is 960. The number of aromatic nitrogens is 1. The number of alkyl halides is 3. The van der Waals surface area contributed by atoms with E-state index in [1.165, 1.54) is 12.1 Å². The monoisotopic (exact) mass is 482 g/mol. The summed E-state index contributed by atoms with van der Waals surface area (Å²) < 4.78 is 50.3. The van der Waals surface area contributed by atoms with E-state index in [0.717, 1.165) is 12.5 Å². The van der Waals surface area contributed by atoms with Crippen LogP contribution in [0.5, 0.6) is 0 Å². The fourth-order valence-corrected chi connectivity index (χ4v) is 5.96. The Labute approximate surface area is 195 Å². The first-order chi connectivity index (χ1) is 16.2. The van der Waals surface area contributed by atoms with Crippen molar-refractivity contribution in [3.8, 4) is 0 Å². The highest BCUT2D eigenvalue weighted by Crippen LogP contribution is 2.47. The van der Waals surface area contributed by atoms with Gasteiger partial charge < -0.3 is 24.6 Å². The van der Waals surface area contributed by atoms with Crippen molar-refractivity contribution in [2.24, 2.45) is 5.41 Å². The molecule has 1 aliphatic carbocycles. The number of ketones is 1. The summed E-state index contributed by atoms with van der Waals surface area (Å²) in [5.74, 6) is -0.0840. The number of Topliss-reactive ketones (excluding diaryl/α,β-unsaturated/α-hetero) is 1. The summed E-state index contributed by atoms with van der Waals surface area (Å²) in [6.07, 6.45) is -2.17. The number of rotatable bonds is 4. The number of ether oxygens (including phenoxy) is 2. The van der Waals surface area contributed by atoms with E-state index >= 15 is 0 Å². The molecule has 1 spiro atoms. The molecule has 1 N–H and O–H groups in total. The van der Waals surface area contributed by atoms with Gasteiger partial charge in [-0.3, -0.25) is 9.59 Å². The predicted molar refractivity (Wildman–Crippen MR) is 115 cm³/mol. The molecule has 34 heavy (non-hydrogen) atoms. The molecule has 3 unspecified atom stereocenters. The van der Waals surface area contributed by atoms with Crippen LogP contribution in [-0.2, 0) is 25.2 Å². The Balaban J connectivity index is 1.29. The zero-order valence-corrected chi connectivity index (χ0v) is 19.0. The number of halogens is 3. The quantitative estimate of drug-likeness (QED) is 0.654. The standard InChI is InChI=1S/C23H29F3N4O4/c1-33-17-13-34-10-6-15(17)27-14-5-7-22(11-14)20(31)16-12-29(8-9-30(16)21(22)32)19-4-2-3-18(28-19)23(24,25)26/h2-4,14-17,27H,5-13H2,1H3/t14-,15?,16?,17?,22+/m1/s1. The Morgan fingerprint density at radius 2 is 2.06 bits per heavy atom. The number of pyridine rings is 1. The fourth-order valence-electron chi connectivity index (χ4n) is 5.96. The third-order valence-corrected chi connectivity index (χ3v) is 7.74. The molecule has 1 aromatic rings. The Morgan fingerprint density at radius 3 is 2.82 bits per heavy atom. The van der Waals surface area contributed by atoms with E-state index < -0.39 is 23.3 Å². The molecule has 0 radical (unpaired) electrons. The molecule has 4 aliphatic rings. The maximum absolute atomic E-state index is 13.6. The lowest BCUT2D eigenvalue weighted by Crippen LogP contribution is -2.53. The minimum atomic E-state index is -4.54. The van der Waals surface area contributed by atoms with Crippen molar-refractivity contribution in [1.29, 1.82) is 0 Å². The van der Waals surface area contributed by atoms with Crippen LogP contribution < -0.4 is 10.2 Å². The number of nitrogens with zero attached hydrogens (tertiary/aromatic N) is 3. The number of nitrogens with one attached hydrogen (secondary N) is 1. The highest BCUT2D eigenvalue weighted by atomic mass is 19.4. The average molecular weight is 483 g/mol. The molecule has 0 aromatic carbocycles. The van der Waals surface area contributed by atoms with Gasteiger partial charge in [0.15, 0.2) is 5.78 Å². The fraction of sp³-hybridized carbons (Fsp3) is 0.696. The average Bonchev–Trinajstić information content (AvgIpc) is 3.35. The highest BCUT2D eigenvalue weighted by molar-refractivity contribution is 6.15. The second-order valence-corrected chi connectivity index (χ2v) is 9.64. The van der Waals surface area contributed by atoms with Crippen LogP contribution in [0.3, 0.4) is 0 Å². The summed E-state index contributed by atoms with van der Waals surface area (Å²) in [6, 6.07) is 3.23. The van der Waals surface area contributed by atoms with Gasteiger partial charge in [-0.15, -0.1) is 0 Å². The summed E-state index contributed by atoms with van der Waals surface area (Å²) in [5.41, 5.74) is -2.02. The number of fused-ring (bicyclic) bond motifs is 1. The van der Waals surface area contributed by atoms with Crippen molar-refractivity contribution in [3.63, 3.8) is 0 Å². The topological polar surface area (TPSA) is 84.0 Å². The highest BCUT2D eigenvalue weighted by Gasteiger charge is 2.62. The molecular formula is C23H29F3N4O4. The van der Waals surface area contributed by atoms with Gasteiger partial charge in [-0.2, -0.15) is 13.2 Å². The molecule has 4 heterocycles. The van der Waals surface area contributed by atoms with Crippen molar-refractivity contribution in [3.05, 3.63) is 23.9 Å². The van der Waals surface area contributed by atoms with E-state index in [1.54, 1.807) is 16.9 Å². The Kier molecular flexibility index (Phi) is 6.06. The van der Waals surface area contributed by atoms with Crippen LogP contribution in [-0.4, -0.2) is 85.8 Å². The van der Waals surface area contributed by atoms with Crippen LogP contribution in [0.25, 0.3) is 0 Å². The van der Waals surface area contributed by atoms with Crippen molar-refractivity contribution in [2.75, 3.05) is 44.9 Å². The third kappa shape index (κ3) is 3.97. The lowest BCUT2D eigenvalue weighted by Gasteiger charge is -2.37. The van der Waals surface area contributed by atoms with E-state index in [2.05, 4.69) is 10.3 Å². The number of carbonyl (C=O) groups is 2. The van der Waals surface area contributed by atoms with E-state index in [1.807, 2.05) is 0 Å². The molecule has 3 aliphatic heterocycles. The van der Waals surface area contributed by atoms with Crippen LogP contribution >= 0.6 is 0 Å². The lowest BCUT2D eigenvalue weighted by atomic mass is 9.81. The molecular weight excluding hydrogens is 453 g/mol. The van der Waals surface area contributed by atoms with Crippen molar-refractivity contribution in [1.82, 2.24) is 15.2 Å². The Morgan fingerprint density at radius 1 is 1.24 bits per heavy atom. The summed E-state index contributed by atoms with van der Waals surface area (Å²) in [7, 11) is 1.65. The third-order valence-electron chi connectivity index (χ3n) is 7.74. The number of piperazine rings is 1.